The molecule has 194 valence electrons. The lowest BCUT2D eigenvalue weighted by atomic mass is 9.85. The van der Waals surface area contributed by atoms with E-state index in [1.165, 1.54) is 20.3 Å². The molecule has 0 N–H and O–H groups in total. The first-order valence-corrected chi connectivity index (χ1v) is 11.0. The number of methoxy groups -OCH3 is 2. The van der Waals surface area contributed by atoms with Crippen molar-refractivity contribution < 1.29 is 32.5 Å². The average Bonchev–Trinajstić information content (AvgIpc) is 2.70. The fourth-order valence-electron chi connectivity index (χ4n) is 3.14. The second kappa shape index (κ2) is 10.8. The monoisotopic (exact) mass is 564 g/mol. The fourth-order valence-corrected chi connectivity index (χ4v) is 3.63. The predicted molar refractivity (Wildman–Crippen MR) is 129 cm³/mol. The number of hydrogen-bond acceptors (Lipinski definition) is 6. The van der Waals surface area contributed by atoms with Crippen LogP contribution in [0, 0.1) is 20.2 Å². The summed E-state index contributed by atoms with van der Waals surface area (Å²) in [6.45, 7) is 11.2. The Bertz CT molecular complexity index is 1110. The summed E-state index contributed by atoms with van der Waals surface area (Å²) in [6, 6.07) is 4.81. The second-order valence-corrected chi connectivity index (χ2v) is 10.4. The van der Waals surface area contributed by atoms with Crippen molar-refractivity contribution in [3.05, 3.63) is 65.7 Å². The highest BCUT2D eigenvalue weighted by atomic mass is 79.9. The molecule has 0 aromatic heterocycles. The Kier molecular flexibility index (Phi) is 9.30. The molecule has 8 nitrogen and oxygen atoms in total. The van der Waals surface area contributed by atoms with E-state index >= 15 is 0 Å². The Morgan fingerprint density at radius 2 is 1.09 bits per heavy atom. The number of alkyl halides is 3. The zero-order chi connectivity index (χ0) is 27.5. The van der Waals surface area contributed by atoms with E-state index in [4.69, 9.17) is 9.47 Å². The maximum Gasteiger partial charge on any atom is 0.423 e. The summed E-state index contributed by atoms with van der Waals surface area (Å²) in [4.78, 5) is 20.0. The molecule has 2 rings (SSSR count). The Morgan fingerprint density at radius 1 is 0.714 bits per heavy atom. The van der Waals surface area contributed by atoms with Gasteiger partial charge in [-0.25, -0.2) is 0 Å². The van der Waals surface area contributed by atoms with Gasteiger partial charge in [-0.15, -0.1) is 0 Å². The molecule has 0 fully saturated rings. The van der Waals surface area contributed by atoms with Gasteiger partial charge in [0.1, 0.15) is 17.1 Å². The predicted octanol–water partition coefficient (Wildman–Crippen LogP) is 7.58. The van der Waals surface area contributed by atoms with E-state index in [0.29, 0.717) is 10.2 Å². The molecule has 2 aromatic rings. The normalized spacial score (nSPS) is 11.9. The molecule has 12 heteroatoms. The molecular weight excluding hydrogens is 537 g/mol. The Morgan fingerprint density at radius 3 is 1.40 bits per heavy atom. The lowest BCUT2D eigenvalue weighted by molar-refractivity contribution is -0.388. The van der Waals surface area contributed by atoms with Gasteiger partial charge in [-0.2, -0.15) is 13.2 Å². The Hall–Kier alpha value is -2.89. The van der Waals surface area contributed by atoms with Crippen LogP contribution < -0.4 is 9.47 Å². The average molecular weight is 565 g/mol. The van der Waals surface area contributed by atoms with Crippen LogP contribution in [0.3, 0.4) is 0 Å². The fraction of sp³-hybridized carbons (Fsp3) is 0.478. The van der Waals surface area contributed by atoms with Gasteiger partial charge < -0.3 is 9.47 Å². The van der Waals surface area contributed by atoms with Crippen LogP contribution in [0.5, 0.6) is 11.5 Å². The molecule has 0 aliphatic heterocycles. The molecule has 0 saturated carbocycles. The number of hydrogen-bond donors (Lipinski definition) is 0. The molecule has 0 amide bonds. The zero-order valence-corrected chi connectivity index (χ0v) is 22.3. The van der Waals surface area contributed by atoms with Crippen LogP contribution in [0.1, 0.15) is 58.2 Å². The summed E-state index contributed by atoms with van der Waals surface area (Å²) in [5, 5.41) is 21.5. The Labute approximate surface area is 209 Å². The van der Waals surface area contributed by atoms with Crippen molar-refractivity contribution in [2.24, 2.45) is 0 Å². The molecule has 0 bridgehead atoms. The van der Waals surface area contributed by atoms with Crippen LogP contribution in [0.15, 0.2) is 28.7 Å². The van der Waals surface area contributed by atoms with Crippen LogP contribution in [0.25, 0.3) is 0 Å². The summed E-state index contributed by atoms with van der Waals surface area (Å²) in [5.74, 6) is 0.620. The third kappa shape index (κ3) is 7.55. The minimum absolute atomic E-state index is 0.0184. The SMILES string of the molecule is COc1cc([N+](=O)[O-])c(Br)cc1C(C)(C)C.COc1cc([N+](=O)[O-])c(C(F)(F)F)cc1C(C)(C)C. The highest BCUT2D eigenvalue weighted by molar-refractivity contribution is 9.10. The number of halogens is 4. The van der Waals surface area contributed by atoms with Gasteiger partial charge >= 0.3 is 6.18 Å². The zero-order valence-electron chi connectivity index (χ0n) is 20.7. The molecule has 0 unspecified atom stereocenters. The minimum Gasteiger partial charge on any atom is -0.496 e. The van der Waals surface area contributed by atoms with E-state index in [1.54, 1.807) is 26.8 Å². The topological polar surface area (TPSA) is 105 Å². The van der Waals surface area contributed by atoms with Crippen molar-refractivity contribution in [3.63, 3.8) is 0 Å². The van der Waals surface area contributed by atoms with Gasteiger partial charge in [-0.05, 0) is 38.9 Å². The maximum atomic E-state index is 12.9. The van der Waals surface area contributed by atoms with Crippen LogP contribution >= 0.6 is 15.9 Å². The van der Waals surface area contributed by atoms with Gasteiger partial charge in [0.2, 0.25) is 0 Å². The van der Waals surface area contributed by atoms with Crippen LogP contribution in [0.4, 0.5) is 24.5 Å². The van der Waals surface area contributed by atoms with Gasteiger partial charge in [0.25, 0.3) is 11.4 Å². The van der Waals surface area contributed by atoms with Crippen molar-refractivity contribution in [1.29, 1.82) is 0 Å². The quantitative estimate of drug-likeness (QED) is 0.280. The van der Waals surface area contributed by atoms with E-state index in [1.807, 2.05) is 20.8 Å². The van der Waals surface area contributed by atoms with Crippen molar-refractivity contribution in [3.8, 4) is 11.5 Å². The van der Waals surface area contributed by atoms with Gasteiger partial charge in [-0.1, -0.05) is 41.5 Å². The Balaban J connectivity index is 0.000000355. The molecular formula is C23H28BrF3N2O6. The third-order valence-corrected chi connectivity index (χ3v) is 5.54. The van der Waals surface area contributed by atoms with E-state index in [9.17, 15) is 33.4 Å². The molecule has 0 spiro atoms. The molecule has 0 heterocycles. The molecule has 0 saturated heterocycles. The summed E-state index contributed by atoms with van der Waals surface area (Å²) in [6.07, 6.45) is -4.78. The van der Waals surface area contributed by atoms with Crippen LogP contribution in [-0.4, -0.2) is 24.1 Å². The van der Waals surface area contributed by atoms with Crippen molar-refractivity contribution in [2.75, 3.05) is 14.2 Å². The van der Waals surface area contributed by atoms with E-state index < -0.39 is 32.7 Å². The smallest absolute Gasteiger partial charge is 0.423 e. The number of rotatable bonds is 4. The van der Waals surface area contributed by atoms with Crippen molar-refractivity contribution in [2.45, 2.75) is 58.5 Å². The number of nitro benzene ring substituents is 2. The maximum absolute atomic E-state index is 12.9. The molecule has 0 radical (unpaired) electrons. The van der Waals surface area contributed by atoms with Crippen molar-refractivity contribution in [1.82, 2.24) is 0 Å². The van der Waals surface area contributed by atoms with E-state index in [2.05, 4.69) is 15.9 Å². The highest BCUT2D eigenvalue weighted by Crippen LogP contribution is 2.43. The highest BCUT2D eigenvalue weighted by Gasteiger charge is 2.40. The van der Waals surface area contributed by atoms with Gasteiger partial charge in [0.15, 0.2) is 0 Å². The molecule has 0 aliphatic carbocycles. The van der Waals surface area contributed by atoms with Crippen molar-refractivity contribution >= 4 is 27.3 Å². The number of ether oxygens (including phenoxy) is 2. The molecule has 35 heavy (non-hydrogen) atoms. The summed E-state index contributed by atoms with van der Waals surface area (Å²) >= 11 is 3.21. The standard InChI is InChI=1S/C12H14F3NO3.C11H14BrNO3/c1-11(2,3)8-5-7(12(13,14)15)9(16(17)18)6-10(8)19-4;1-11(2,3)7-5-8(12)9(13(14)15)6-10(7)16-4/h5-6H,1-4H3;5-6H,1-4H3. The molecule has 2 aromatic carbocycles. The minimum atomic E-state index is -4.78. The van der Waals surface area contributed by atoms with E-state index in [-0.39, 0.29) is 22.4 Å². The van der Waals surface area contributed by atoms with Gasteiger partial charge in [0, 0.05) is 11.1 Å². The summed E-state index contributed by atoms with van der Waals surface area (Å²) < 4.78 is 49.2. The lowest BCUT2D eigenvalue weighted by Gasteiger charge is -2.23. The number of benzene rings is 2. The van der Waals surface area contributed by atoms with Crippen LogP contribution in [0.2, 0.25) is 0 Å². The molecule has 0 aliphatic rings. The number of nitrogens with zero attached hydrogens (tertiary/aromatic N) is 2. The van der Waals surface area contributed by atoms with Gasteiger partial charge in [-0.3, -0.25) is 20.2 Å². The first kappa shape index (κ1) is 30.1. The number of nitro groups is 2. The first-order chi connectivity index (χ1) is 15.7. The summed E-state index contributed by atoms with van der Waals surface area (Å²) in [5.41, 5.74) is -1.78. The summed E-state index contributed by atoms with van der Waals surface area (Å²) in [7, 11) is 2.78. The first-order valence-electron chi connectivity index (χ1n) is 10.2. The molecule has 0 atom stereocenters. The largest absolute Gasteiger partial charge is 0.496 e. The lowest BCUT2D eigenvalue weighted by Crippen LogP contribution is -2.17. The van der Waals surface area contributed by atoms with Gasteiger partial charge in [0.05, 0.1) is 40.7 Å². The second-order valence-electron chi connectivity index (χ2n) is 9.59. The van der Waals surface area contributed by atoms with E-state index in [0.717, 1.165) is 17.7 Å². The van der Waals surface area contributed by atoms with Crippen LogP contribution in [-0.2, 0) is 17.0 Å². The third-order valence-electron chi connectivity index (χ3n) is 4.90.